The molecule has 4 N–H and O–H groups in total. The van der Waals surface area contributed by atoms with Crippen LogP contribution in [0.1, 0.15) is 15.9 Å². The Balaban J connectivity index is 1.91. The van der Waals surface area contributed by atoms with Gasteiger partial charge in [-0.05, 0) is 36.0 Å². The molecule has 0 aromatic heterocycles. The molecule has 0 unspecified atom stereocenters. The maximum atomic E-state index is 11.9. The van der Waals surface area contributed by atoms with Crippen molar-refractivity contribution >= 4 is 34.8 Å². The van der Waals surface area contributed by atoms with Gasteiger partial charge in [0.05, 0.1) is 6.42 Å². The monoisotopic (exact) mass is 313 g/mol. The molecular formula is C16H15N3O2S. The first-order valence-electron chi connectivity index (χ1n) is 6.59. The Kier molecular flexibility index (Phi) is 5.21. The van der Waals surface area contributed by atoms with E-state index in [2.05, 4.69) is 10.6 Å². The molecule has 2 rings (SSSR count). The van der Waals surface area contributed by atoms with E-state index in [1.165, 1.54) is 0 Å². The fraction of sp³-hybridized carbons (Fsp3) is 0.0625. The highest BCUT2D eigenvalue weighted by Crippen LogP contribution is 2.10. The first-order chi connectivity index (χ1) is 10.5. The van der Waals surface area contributed by atoms with Crippen LogP contribution in [0.25, 0.3) is 0 Å². The van der Waals surface area contributed by atoms with Crippen LogP contribution in [0.3, 0.4) is 0 Å². The minimum Gasteiger partial charge on any atom is -0.366 e. The van der Waals surface area contributed by atoms with Gasteiger partial charge in [-0.3, -0.25) is 9.59 Å². The van der Waals surface area contributed by atoms with Gasteiger partial charge in [-0.25, -0.2) is 0 Å². The van der Waals surface area contributed by atoms with Gasteiger partial charge in [0.15, 0.2) is 5.11 Å². The molecule has 0 spiro atoms. The number of nitrogens with one attached hydrogen (secondary N) is 2. The Morgan fingerprint density at radius 3 is 2.45 bits per heavy atom. The second-order valence-corrected chi connectivity index (χ2v) is 5.02. The normalized spacial score (nSPS) is 9.82. The van der Waals surface area contributed by atoms with Crippen LogP contribution in [0, 0.1) is 0 Å². The molecule has 112 valence electrons. The highest BCUT2D eigenvalue weighted by Gasteiger charge is 2.07. The van der Waals surface area contributed by atoms with Crippen LogP contribution in [0.5, 0.6) is 0 Å². The molecule has 0 atom stereocenters. The molecule has 0 fully saturated rings. The lowest BCUT2D eigenvalue weighted by atomic mass is 10.1. The summed E-state index contributed by atoms with van der Waals surface area (Å²) in [6.45, 7) is 0. The fourth-order valence-corrected chi connectivity index (χ4v) is 2.10. The van der Waals surface area contributed by atoms with Crippen LogP contribution in [-0.4, -0.2) is 16.9 Å². The quantitative estimate of drug-likeness (QED) is 0.752. The molecule has 6 heteroatoms. The van der Waals surface area contributed by atoms with Crippen molar-refractivity contribution in [2.75, 3.05) is 5.32 Å². The van der Waals surface area contributed by atoms with Crippen LogP contribution >= 0.6 is 12.2 Å². The lowest BCUT2D eigenvalue weighted by molar-refractivity contribution is -0.119. The summed E-state index contributed by atoms with van der Waals surface area (Å²) in [6, 6.07) is 15.9. The maximum absolute atomic E-state index is 11.9. The average molecular weight is 313 g/mol. The van der Waals surface area contributed by atoms with E-state index in [4.69, 9.17) is 18.0 Å². The number of rotatable bonds is 4. The summed E-state index contributed by atoms with van der Waals surface area (Å²) in [5.41, 5.74) is 7.06. The Bertz CT molecular complexity index is 702. The average Bonchev–Trinajstić information content (AvgIpc) is 2.48. The molecule has 0 radical (unpaired) electrons. The smallest absolute Gasteiger partial charge is 0.248 e. The zero-order chi connectivity index (χ0) is 15.9. The van der Waals surface area contributed by atoms with Crippen molar-refractivity contribution in [3.63, 3.8) is 0 Å². The molecule has 5 nitrogen and oxygen atoms in total. The largest absolute Gasteiger partial charge is 0.366 e. The molecule has 2 aromatic rings. The van der Waals surface area contributed by atoms with Gasteiger partial charge in [0, 0.05) is 11.3 Å². The second-order valence-electron chi connectivity index (χ2n) is 4.61. The SMILES string of the molecule is NC(=O)c1cccc(NC(=S)NC(=O)Cc2ccccc2)c1. The highest BCUT2D eigenvalue weighted by atomic mass is 32.1. The van der Waals surface area contributed by atoms with E-state index in [-0.39, 0.29) is 17.4 Å². The standard InChI is InChI=1S/C16H15N3O2S/c17-15(21)12-7-4-8-13(10-12)18-16(22)19-14(20)9-11-5-2-1-3-6-11/h1-8,10H,9H2,(H2,17,21)(H2,18,19,20,22). The minimum absolute atomic E-state index is 0.169. The molecule has 2 amide bonds. The molecule has 0 saturated heterocycles. The van der Waals surface area contributed by atoms with Gasteiger partial charge >= 0.3 is 0 Å². The Labute approximate surface area is 133 Å². The fourth-order valence-electron chi connectivity index (χ4n) is 1.86. The predicted molar refractivity (Wildman–Crippen MR) is 89.5 cm³/mol. The number of benzene rings is 2. The number of carbonyl (C=O) groups excluding carboxylic acids is 2. The summed E-state index contributed by atoms with van der Waals surface area (Å²) >= 11 is 5.08. The van der Waals surface area contributed by atoms with Crippen LogP contribution in [-0.2, 0) is 11.2 Å². The number of primary amides is 1. The highest BCUT2D eigenvalue weighted by molar-refractivity contribution is 7.80. The lowest BCUT2D eigenvalue weighted by Crippen LogP contribution is -2.35. The molecule has 2 aromatic carbocycles. The number of hydrogen-bond acceptors (Lipinski definition) is 3. The van der Waals surface area contributed by atoms with Gasteiger partial charge < -0.3 is 16.4 Å². The number of nitrogens with two attached hydrogens (primary N) is 1. The third kappa shape index (κ3) is 4.68. The van der Waals surface area contributed by atoms with Gasteiger partial charge in [-0.2, -0.15) is 0 Å². The number of carbonyl (C=O) groups is 2. The van der Waals surface area contributed by atoms with E-state index in [1.807, 2.05) is 30.3 Å². The van der Waals surface area contributed by atoms with Gasteiger partial charge in [0.1, 0.15) is 0 Å². The van der Waals surface area contributed by atoms with Crippen LogP contribution in [0.15, 0.2) is 54.6 Å². The molecule has 0 saturated carbocycles. The topological polar surface area (TPSA) is 84.2 Å². The van der Waals surface area contributed by atoms with Crippen LogP contribution < -0.4 is 16.4 Å². The van der Waals surface area contributed by atoms with Crippen molar-refractivity contribution < 1.29 is 9.59 Å². The molecule has 0 aliphatic heterocycles. The Morgan fingerprint density at radius 1 is 1.05 bits per heavy atom. The van der Waals surface area contributed by atoms with Gasteiger partial charge in [0.2, 0.25) is 11.8 Å². The summed E-state index contributed by atoms with van der Waals surface area (Å²) in [5.74, 6) is -0.738. The van der Waals surface area contributed by atoms with Crippen molar-refractivity contribution in [3.8, 4) is 0 Å². The molecule has 0 aliphatic carbocycles. The Morgan fingerprint density at radius 2 is 1.77 bits per heavy atom. The lowest BCUT2D eigenvalue weighted by Gasteiger charge is -2.10. The van der Waals surface area contributed by atoms with Crippen molar-refractivity contribution in [2.24, 2.45) is 5.73 Å². The van der Waals surface area contributed by atoms with Gasteiger partial charge in [-0.1, -0.05) is 36.4 Å². The second kappa shape index (κ2) is 7.33. The summed E-state index contributed by atoms with van der Waals surface area (Å²) in [5, 5.41) is 5.61. The number of amides is 2. The van der Waals surface area contributed by atoms with Crippen molar-refractivity contribution in [3.05, 3.63) is 65.7 Å². The number of anilines is 1. The van der Waals surface area contributed by atoms with Crippen molar-refractivity contribution in [1.82, 2.24) is 5.32 Å². The van der Waals surface area contributed by atoms with Crippen molar-refractivity contribution in [2.45, 2.75) is 6.42 Å². The number of thiocarbonyl (C=S) groups is 1. The van der Waals surface area contributed by atoms with E-state index < -0.39 is 5.91 Å². The molecule has 0 heterocycles. The first-order valence-corrected chi connectivity index (χ1v) is 7.00. The van der Waals surface area contributed by atoms with E-state index >= 15 is 0 Å². The first kappa shape index (κ1) is 15.7. The third-order valence-electron chi connectivity index (χ3n) is 2.87. The van der Waals surface area contributed by atoms with Crippen LogP contribution in [0.2, 0.25) is 0 Å². The van der Waals surface area contributed by atoms with Gasteiger partial charge in [-0.15, -0.1) is 0 Å². The predicted octanol–water partition coefficient (Wildman–Crippen LogP) is 1.84. The molecular weight excluding hydrogens is 298 g/mol. The summed E-state index contributed by atoms with van der Waals surface area (Å²) in [7, 11) is 0. The Hall–Kier alpha value is -2.73. The summed E-state index contributed by atoms with van der Waals surface area (Å²) in [4.78, 5) is 23.0. The van der Waals surface area contributed by atoms with Crippen molar-refractivity contribution in [1.29, 1.82) is 0 Å². The van der Waals surface area contributed by atoms with Gasteiger partial charge in [0.25, 0.3) is 0 Å². The zero-order valence-electron chi connectivity index (χ0n) is 11.7. The van der Waals surface area contributed by atoms with E-state index in [0.29, 0.717) is 11.3 Å². The molecule has 22 heavy (non-hydrogen) atoms. The van der Waals surface area contributed by atoms with E-state index in [0.717, 1.165) is 5.56 Å². The maximum Gasteiger partial charge on any atom is 0.248 e. The molecule has 0 bridgehead atoms. The summed E-state index contributed by atoms with van der Waals surface area (Å²) in [6.07, 6.45) is 0.240. The third-order valence-corrected chi connectivity index (χ3v) is 3.07. The summed E-state index contributed by atoms with van der Waals surface area (Å²) < 4.78 is 0. The van der Waals surface area contributed by atoms with E-state index in [1.54, 1.807) is 24.3 Å². The minimum atomic E-state index is -0.525. The zero-order valence-corrected chi connectivity index (χ0v) is 12.5. The van der Waals surface area contributed by atoms with Crippen LogP contribution in [0.4, 0.5) is 5.69 Å². The molecule has 0 aliphatic rings. The number of hydrogen-bond donors (Lipinski definition) is 3. The van der Waals surface area contributed by atoms with E-state index in [9.17, 15) is 9.59 Å².